The first kappa shape index (κ1) is 11.7. The highest BCUT2D eigenvalue weighted by molar-refractivity contribution is 5.97. The molecule has 0 atom stereocenters. The van der Waals surface area contributed by atoms with Crippen LogP contribution in [0.4, 0.5) is 0 Å². The summed E-state index contributed by atoms with van der Waals surface area (Å²) in [5.41, 5.74) is 3.77. The molecule has 1 fully saturated rings. The van der Waals surface area contributed by atoms with Gasteiger partial charge in [-0.15, -0.1) is 0 Å². The van der Waals surface area contributed by atoms with Crippen LogP contribution in [-0.2, 0) is 12.0 Å². The number of nitrogens with zero attached hydrogens (tertiary/aromatic N) is 2. The molecule has 0 radical (unpaired) electrons. The second-order valence-corrected chi connectivity index (χ2v) is 5.73. The summed E-state index contributed by atoms with van der Waals surface area (Å²) < 4.78 is 0. The van der Waals surface area contributed by atoms with Gasteiger partial charge in [-0.3, -0.25) is 9.69 Å². The maximum Gasteiger partial charge on any atom is 0.253 e. The van der Waals surface area contributed by atoms with Crippen molar-refractivity contribution in [2.75, 3.05) is 27.7 Å². The maximum atomic E-state index is 12.2. The van der Waals surface area contributed by atoms with E-state index in [2.05, 4.69) is 25.1 Å². The van der Waals surface area contributed by atoms with Gasteiger partial charge in [0.05, 0.1) is 0 Å². The number of hydrogen-bond donors (Lipinski definition) is 0. The average Bonchev–Trinajstić information content (AvgIpc) is 3.15. The molecule has 1 saturated carbocycles. The fourth-order valence-corrected chi connectivity index (χ4v) is 3.16. The number of amides is 1. The van der Waals surface area contributed by atoms with E-state index in [0.29, 0.717) is 0 Å². The van der Waals surface area contributed by atoms with Crippen molar-refractivity contribution in [3.05, 3.63) is 34.9 Å². The molecule has 0 saturated heterocycles. The van der Waals surface area contributed by atoms with Crippen LogP contribution in [0.15, 0.2) is 18.2 Å². The van der Waals surface area contributed by atoms with Gasteiger partial charge in [0.15, 0.2) is 0 Å². The molecule has 3 nitrogen and oxygen atoms in total. The van der Waals surface area contributed by atoms with E-state index in [1.165, 1.54) is 24.0 Å². The van der Waals surface area contributed by atoms with Gasteiger partial charge in [-0.1, -0.05) is 12.1 Å². The standard InChI is InChI=1S/C15H20N2O/c1-16(2)15(8-9-15)13-6-4-5-12-11(13)7-10-17(3)14(12)18/h4-6H,7-10H2,1-3H3. The molecule has 1 aromatic rings. The van der Waals surface area contributed by atoms with Crippen LogP contribution in [0.5, 0.6) is 0 Å². The molecule has 1 aliphatic carbocycles. The summed E-state index contributed by atoms with van der Waals surface area (Å²) in [6.45, 7) is 0.840. The molecule has 18 heavy (non-hydrogen) atoms. The van der Waals surface area contributed by atoms with Crippen LogP contribution in [-0.4, -0.2) is 43.4 Å². The normalized spacial score (nSPS) is 21.1. The summed E-state index contributed by atoms with van der Waals surface area (Å²) in [5, 5.41) is 0. The van der Waals surface area contributed by atoms with Crippen molar-refractivity contribution in [3.8, 4) is 0 Å². The molecule has 1 heterocycles. The van der Waals surface area contributed by atoms with Crippen LogP contribution in [0.1, 0.15) is 34.3 Å². The van der Waals surface area contributed by atoms with Crippen molar-refractivity contribution in [2.24, 2.45) is 0 Å². The number of likely N-dealkylation sites (N-methyl/N-ethyl adjacent to an activating group) is 1. The van der Waals surface area contributed by atoms with E-state index in [-0.39, 0.29) is 11.4 Å². The largest absolute Gasteiger partial charge is 0.341 e. The second kappa shape index (κ2) is 3.82. The number of fused-ring (bicyclic) bond motifs is 1. The van der Waals surface area contributed by atoms with Gasteiger partial charge in [0.2, 0.25) is 0 Å². The Morgan fingerprint density at radius 3 is 2.61 bits per heavy atom. The molecule has 96 valence electrons. The van der Waals surface area contributed by atoms with Gasteiger partial charge in [-0.25, -0.2) is 0 Å². The molecule has 0 N–H and O–H groups in total. The van der Waals surface area contributed by atoms with Gasteiger partial charge >= 0.3 is 0 Å². The molecule has 1 amide bonds. The molecule has 2 aliphatic rings. The number of rotatable bonds is 2. The van der Waals surface area contributed by atoms with Crippen molar-refractivity contribution >= 4 is 5.91 Å². The molecule has 0 aromatic heterocycles. The predicted octanol–water partition coefficient (Wildman–Crippen LogP) is 1.87. The molecule has 0 unspecified atom stereocenters. The Kier molecular flexibility index (Phi) is 2.49. The topological polar surface area (TPSA) is 23.6 Å². The number of benzene rings is 1. The molecular weight excluding hydrogens is 224 g/mol. The minimum absolute atomic E-state index is 0.174. The summed E-state index contributed by atoms with van der Waals surface area (Å²) in [7, 11) is 6.17. The molecular formula is C15H20N2O. The summed E-state index contributed by atoms with van der Waals surface area (Å²) in [6.07, 6.45) is 3.41. The Labute approximate surface area is 108 Å². The van der Waals surface area contributed by atoms with Crippen LogP contribution >= 0.6 is 0 Å². The quantitative estimate of drug-likeness (QED) is 0.793. The highest BCUT2D eigenvalue weighted by Crippen LogP contribution is 2.51. The summed E-state index contributed by atoms with van der Waals surface area (Å²) >= 11 is 0. The number of carbonyl (C=O) groups excluding carboxylic acids is 1. The lowest BCUT2D eigenvalue weighted by Gasteiger charge is -2.31. The molecule has 3 heteroatoms. The van der Waals surface area contributed by atoms with Crippen LogP contribution in [0.2, 0.25) is 0 Å². The van der Waals surface area contributed by atoms with Crippen molar-refractivity contribution < 1.29 is 4.79 Å². The first-order chi connectivity index (χ1) is 8.56. The van der Waals surface area contributed by atoms with Crippen LogP contribution in [0, 0.1) is 0 Å². The van der Waals surface area contributed by atoms with E-state index >= 15 is 0 Å². The second-order valence-electron chi connectivity index (χ2n) is 5.73. The van der Waals surface area contributed by atoms with Crippen LogP contribution < -0.4 is 0 Å². The zero-order valence-corrected chi connectivity index (χ0v) is 11.4. The SMILES string of the molecule is CN1CCc2c(cccc2C2(N(C)C)CC2)C1=O. The van der Waals surface area contributed by atoms with E-state index in [1.54, 1.807) is 0 Å². The maximum absolute atomic E-state index is 12.2. The number of hydrogen-bond acceptors (Lipinski definition) is 2. The summed E-state index contributed by atoms with van der Waals surface area (Å²) in [6, 6.07) is 6.22. The van der Waals surface area contributed by atoms with Crippen molar-refractivity contribution in [2.45, 2.75) is 24.8 Å². The highest BCUT2D eigenvalue weighted by Gasteiger charge is 2.48. The fourth-order valence-electron chi connectivity index (χ4n) is 3.16. The predicted molar refractivity (Wildman–Crippen MR) is 71.7 cm³/mol. The third-order valence-electron chi connectivity index (χ3n) is 4.53. The minimum Gasteiger partial charge on any atom is -0.341 e. The smallest absolute Gasteiger partial charge is 0.253 e. The molecule has 0 bridgehead atoms. The van der Waals surface area contributed by atoms with Crippen molar-refractivity contribution in [3.63, 3.8) is 0 Å². The molecule has 0 spiro atoms. The van der Waals surface area contributed by atoms with Crippen molar-refractivity contribution in [1.82, 2.24) is 9.80 Å². The third kappa shape index (κ3) is 1.50. The van der Waals surface area contributed by atoms with Gasteiger partial charge in [0.1, 0.15) is 0 Å². The van der Waals surface area contributed by atoms with E-state index < -0.39 is 0 Å². The van der Waals surface area contributed by atoms with Gasteiger partial charge in [0.25, 0.3) is 5.91 Å². The Bertz CT molecular complexity index is 503. The Morgan fingerprint density at radius 1 is 1.28 bits per heavy atom. The lowest BCUT2D eigenvalue weighted by atomic mass is 9.89. The first-order valence-corrected chi connectivity index (χ1v) is 6.61. The number of carbonyl (C=O) groups is 1. The van der Waals surface area contributed by atoms with Crippen molar-refractivity contribution in [1.29, 1.82) is 0 Å². The summed E-state index contributed by atoms with van der Waals surface area (Å²) in [5.74, 6) is 0.174. The Morgan fingerprint density at radius 2 is 2.00 bits per heavy atom. The fraction of sp³-hybridized carbons (Fsp3) is 0.533. The Balaban J connectivity index is 2.11. The molecule has 1 aliphatic heterocycles. The minimum atomic E-state index is 0.174. The van der Waals surface area contributed by atoms with E-state index in [9.17, 15) is 4.79 Å². The van der Waals surface area contributed by atoms with Gasteiger partial charge in [0, 0.05) is 24.7 Å². The third-order valence-corrected chi connectivity index (χ3v) is 4.53. The average molecular weight is 244 g/mol. The highest BCUT2D eigenvalue weighted by atomic mass is 16.2. The zero-order chi connectivity index (χ0) is 12.9. The Hall–Kier alpha value is -1.35. The molecule has 3 rings (SSSR count). The van der Waals surface area contributed by atoms with Gasteiger partial charge < -0.3 is 4.90 Å². The van der Waals surface area contributed by atoms with Gasteiger partial charge in [-0.05, 0) is 50.6 Å². The first-order valence-electron chi connectivity index (χ1n) is 6.61. The summed E-state index contributed by atoms with van der Waals surface area (Å²) in [4.78, 5) is 16.3. The van der Waals surface area contributed by atoms with E-state index in [1.807, 2.05) is 24.1 Å². The lowest BCUT2D eigenvalue weighted by molar-refractivity contribution is 0.0779. The van der Waals surface area contributed by atoms with E-state index in [4.69, 9.17) is 0 Å². The van der Waals surface area contributed by atoms with Crippen LogP contribution in [0.3, 0.4) is 0 Å². The lowest BCUT2D eigenvalue weighted by Crippen LogP contribution is -2.37. The van der Waals surface area contributed by atoms with Crippen LogP contribution in [0.25, 0.3) is 0 Å². The van der Waals surface area contributed by atoms with Gasteiger partial charge in [-0.2, -0.15) is 0 Å². The van der Waals surface area contributed by atoms with E-state index in [0.717, 1.165) is 18.5 Å². The zero-order valence-electron chi connectivity index (χ0n) is 11.4. The molecule has 1 aromatic carbocycles. The monoisotopic (exact) mass is 244 g/mol.